The molecule has 0 fully saturated rings. The van der Waals surface area contributed by atoms with Crippen LogP contribution in [-0.4, -0.2) is 10.4 Å². The number of ketones is 1. The van der Waals surface area contributed by atoms with Gasteiger partial charge in [0.1, 0.15) is 0 Å². The molecule has 21 heavy (non-hydrogen) atoms. The maximum Gasteiger partial charge on any atom is 0.168 e. The Morgan fingerprint density at radius 1 is 0.952 bits per heavy atom. The van der Waals surface area contributed by atoms with Crippen molar-refractivity contribution in [1.29, 1.82) is 0 Å². The molecule has 0 aliphatic carbocycles. The van der Waals surface area contributed by atoms with Crippen LogP contribution in [0.3, 0.4) is 0 Å². The fourth-order valence-corrected chi connectivity index (χ4v) is 2.87. The molecule has 0 aliphatic rings. The van der Waals surface area contributed by atoms with E-state index in [2.05, 4.69) is 22.8 Å². The van der Waals surface area contributed by atoms with Crippen molar-refractivity contribution in [2.75, 3.05) is 0 Å². The number of para-hydroxylation sites is 1. The molecule has 2 heteroatoms. The van der Waals surface area contributed by atoms with Crippen LogP contribution in [0.15, 0.2) is 54.6 Å². The van der Waals surface area contributed by atoms with Crippen molar-refractivity contribution < 1.29 is 4.79 Å². The van der Waals surface area contributed by atoms with Gasteiger partial charge < -0.3 is 4.57 Å². The van der Waals surface area contributed by atoms with Gasteiger partial charge in [0.25, 0.3) is 0 Å². The number of carbonyl (C=O) groups excluding carboxylic acids is 1. The van der Waals surface area contributed by atoms with Gasteiger partial charge in [0.05, 0.1) is 11.3 Å². The van der Waals surface area contributed by atoms with Crippen molar-refractivity contribution in [3.05, 3.63) is 60.2 Å². The molecule has 0 aliphatic heterocycles. The summed E-state index contributed by atoms with van der Waals surface area (Å²) in [7, 11) is 2.03. The molecular weight excluding hydrogens is 258 g/mol. The number of hydrogen-bond acceptors (Lipinski definition) is 1. The van der Waals surface area contributed by atoms with E-state index in [4.69, 9.17) is 0 Å². The minimum Gasteiger partial charge on any atom is -0.343 e. The van der Waals surface area contributed by atoms with E-state index < -0.39 is 0 Å². The Kier molecular flexibility index (Phi) is 3.38. The van der Waals surface area contributed by atoms with Crippen LogP contribution in [0.1, 0.15) is 24.2 Å². The summed E-state index contributed by atoms with van der Waals surface area (Å²) in [5.41, 5.74) is 4.03. The molecule has 0 spiro atoms. The number of fused-ring (bicyclic) bond motifs is 1. The summed E-state index contributed by atoms with van der Waals surface area (Å²) in [5, 5.41) is 1.04. The van der Waals surface area contributed by atoms with E-state index in [9.17, 15) is 4.79 Å². The Morgan fingerprint density at radius 3 is 2.24 bits per heavy atom. The smallest absolute Gasteiger partial charge is 0.168 e. The normalized spacial score (nSPS) is 11.2. The fourth-order valence-electron chi connectivity index (χ4n) is 2.87. The van der Waals surface area contributed by atoms with E-state index in [0.29, 0.717) is 0 Å². The SMILES string of the molecule is CC(C)C(=O)c1c(-c2ccccc2)n(C)c2ccccc12. The minimum atomic E-state index is -0.0155. The van der Waals surface area contributed by atoms with Gasteiger partial charge in [-0.15, -0.1) is 0 Å². The number of carbonyl (C=O) groups is 1. The Bertz CT molecular complexity index is 797. The number of benzene rings is 2. The highest BCUT2D eigenvalue weighted by molar-refractivity contribution is 6.14. The Hall–Kier alpha value is -2.35. The predicted octanol–water partition coefficient (Wildman–Crippen LogP) is 4.68. The summed E-state index contributed by atoms with van der Waals surface area (Å²) < 4.78 is 2.13. The lowest BCUT2D eigenvalue weighted by molar-refractivity contribution is 0.0941. The Balaban J connectivity index is 2.40. The molecule has 1 aromatic heterocycles. The average Bonchev–Trinajstić information content (AvgIpc) is 2.81. The fraction of sp³-hybridized carbons (Fsp3) is 0.211. The van der Waals surface area contributed by atoms with E-state index in [1.807, 2.05) is 57.3 Å². The highest BCUT2D eigenvalue weighted by Crippen LogP contribution is 2.34. The number of Topliss-reactive ketones (excluding diaryl/α,β-unsaturated/α-hetero) is 1. The molecule has 106 valence electrons. The topological polar surface area (TPSA) is 22.0 Å². The third-order valence-electron chi connectivity index (χ3n) is 3.92. The number of nitrogens with zero attached hydrogens (tertiary/aromatic N) is 1. The van der Waals surface area contributed by atoms with Gasteiger partial charge in [0.2, 0.25) is 0 Å². The first kappa shape index (κ1) is 13.6. The van der Waals surface area contributed by atoms with Crippen molar-refractivity contribution >= 4 is 16.7 Å². The monoisotopic (exact) mass is 277 g/mol. The number of aromatic nitrogens is 1. The third kappa shape index (κ3) is 2.17. The van der Waals surface area contributed by atoms with Gasteiger partial charge in [-0.1, -0.05) is 62.4 Å². The minimum absolute atomic E-state index is 0.0155. The Morgan fingerprint density at radius 2 is 1.57 bits per heavy atom. The lowest BCUT2D eigenvalue weighted by Gasteiger charge is -2.09. The third-order valence-corrected chi connectivity index (χ3v) is 3.92. The standard InChI is InChI=1S/C19H19NO/c1-13(2)19(21)17-15-11-7-8-12-16(15)20(3)18(17)14-9-5-4-6-10-14/h4-13H,1-3H3. The van der Waals surface area contributed by atoms with Crippen LogP contribution in [0.25, 0.3) is 22.2 Å². The lowest BCUT2D eigenvalue weighted by atomic mass is 9.95. The van der Waals surface area contributed by atoms with Gasteiger partial charge in [0, 0.05) is 23.9 Å². The average molecular weight is 277 g/mol. The molecule has 0 radical (unpaired) electrons. The molecule has 0 amide bonds. The molecule has 1 heterocycles. The summed E-state index contributed by atoms with van der Waals surface area (Å²) >= 11 is 0. The highest BCUT2D eigenvalue weighted by atomic mass is 16.1. The van der Waals surface area contributed by atoms with Crippen molar-refractivity contribution in [2.45, 2.75) is 13.8 Å². The number of rotatable bonds is 3. The van der Waals surface area contributed by atoms with E-state index in [-0.39, 0.29) is 11.7 Å². The van der Waals surface area contributed by atoms with Crippen LogP contribution in [0.5, 0.6) is 0 Å². The molecule has 0 saturated heterocycles. The van der Waals surface area contributed by atoms with Gasteiger partial charge >= 0.3 is 0 Å². The lowest BCUT2D eigenvalue weighted by Crippen LogP contribution is -2.09. The molecule has 0 atom stereocenters. The zero-order valence-electron chi connectivity index (χ0n) is 12.6. The Labute approximate surface area is 125 Å². The first-order chi connectivity index (χ1) is 10.1. The van der Waals surface area contributed by atoms with E-state index in [1.54, 1.807) is 0 Å². The van der Waals surface area contributed by atoms with E-state index in [0.717, 1.165) is 27.7 Å². The van der Waals surface area contributed by atoms with Crippen LogP contribution in [0.4, 0.5) is 0 Å². The summed E-state index contributed by atoms with van der Waals surface area (Å²) in [4.78, 5) is 12.8. The highest BCUT2D eigenvalue weighted by Gasteiger charge is 2.23. The largest absolute Gasteiger partial charge is 0.343 e. The quantitative estimate of drug-likeness (QED) is 0.637. The molecule has 3 rings (SSSR count). The summed E-state index contributed by atoms with van der Waals surface area (Å²) in [6, 6.07) is 18.3. The summed E-state index contributed by atoms with van der Waals surface area (Å²) in [6.45, 7) is 3.91. The second-order valence-corrected chi connectivity index (χ2v) is 5.68. The van der Waals surface area contributed by atoms with E-state index >= 15 is 0 Å². The molecule has 3 aromatic rings. The van der Waals surface area contributed by atoms with Gasteiger partial charge in [0.15, 0.2) is 5.78 Å². The molecule has 0 N–H and O–H groups in total. The van der Waals surface area contributed by atoms with Gasteiger partial charge in [-0.25, -0.2) is 0 Å². The first-order valence-electron chi connectivity index (χ1n) is 7.28. The predicted molar refractivity (Wildman–Crippen MR) is 87.5 cm³/mol. The molecule has 2 nitrogen and oxygen atoms in total. The number of hydrogen-bond donors (Lipinski definition) is 0. The molecular formula is C19H19NO. The van der Waals surface area contributed by atoms with Crippen molar-refractivity contribution in [2.24, 2.45) is 13.0 Å². The van der Waals surface area contributed by atoms with Gasteiger partial charge in [-0.05, 0) is 11.6 Å². The van der Waals surface area contributed by atoms with Crippen LogP contribution in [-0.2, 0) is 7.05 Å². The van der Waals surface area contributed by atoms with Crippen molar-refractivity contribution in [3.63, 3.8) is 0 Å². The number of aryl methyl sites for hydroxylation is 1. The van der Waals surface area contributed by atoms with Gasteiger partial charge in [-0.2, -0.15) is 0 Å². The summed E-state index contributed by atoms with van der Waals surface area (Å²) in [5.74, 6) is 0.184. The molecule has 2 aromatic carbocycles. The second-order valence-electron chi connectivity index (χ2n) is 5.68. The van der Waals surface area contributed by atoms with Crippen LogP contribution < -0.4 is 0 Å². The first-order valence-corrected chi connectivity index (χ1v) is 7.28. The van der Waals surface area contributed by atoms with Gasteiger partial charge in [-0.3, -0.25) is 4.79 Å². The summed E-state index contributed by atoms with van der Waals surface area (Å²) in [6.07, 6.45) is 0. The molecule has 0 saturated carbocycles. The maximum absolute atomic E-state index is 12.8. The second kappa shape index (κ2) is 5.21. The maximum atomic E-state index is 12.8. The van der Waals surface area contributed by atoms with Crippen molar-refractivity contribution in [1.82, 2.24) is 4.57 Å². The van der Waals surface area contributed by atoms with Crippen LogP contribution in [0, 0.1) is 5.92 Å². The molecule has 0 bridgehead atoms. The zero-order chi connectivity index (χ0) is 15.0. The molecule has 0 unspecified atom stereocenters. The van der Waals surface area contributed by atoms with Crippen LogP contribution >= 0.6 is 0 Å². The van der Waals surface area contributed by atoms with E-state index in [1.165, 1.54) is 0 Å². The van der Waals surface area contributed by atoms with Crippen LogP contribution in [0.2, 0.25) is 0 Å². The zero-order valence-corrected chi connectivity index (χ0v) is 12.6. The van der Waals surface area contributed by atoms with Crippen molar-refractivity contribution in [3.8, 4) is 11.3 Å².